The minimum absolute atomic E-state index is 0.267. The highest BCUT2D eigenvalue weighted by molar-refractivity contribution is 7.89. The Bertz CT molecular complexity index is 825. The van der Waals surface area contributed by atoms with Gasteiger partial charge in [0.1, 0.15) is 5.75 Å². The molecule has 0 radical (unpaired) electrons. The molecule has 0 aliphatic carbocycles. The lowest BCUT2D eigenvalue weighted by molar-refractivity contribution is 0.319. The molecule has 1 aromatic carbocycles. The molecule has 1 aliphatic heterocycles. The molecule has 0 bridgehead atoms. The quantitative estimate of drug-likeness (QED) is 0.708. The lowest BCUT2D eigenvalue weighted by atomic mass is 9.99. The molecule has 142 valence electrons. The first kappa shape index (κ1) is 19.3. The van der Waals surface area contributed by atoms with Gasteiger partial charge in [0.15, 0.2) is 0 Å². The van der Waals surface area contributed by atoms with Crippen LogP contribution in [0.15, 0.2) is 29.6 Å². The number of rotatable bonds is 7. The molecule has 1 saturated heterocycles. The average Bonchev–Trinajstić information content (AvgIpc) is 3.16. The minimum atomic E-state index is -3.10. The molecule has 0 amide bonds. The summed E-state index contributed by atoms with van der Waals surface area (Å²) in [5.41, 5.74) is 1.93. The number of hydrogen-bond donors (Lipinski definition) is 0. The first-order valence-corrected chi connectivity index (χ1v) is 11.6. The summed E-state index contributed by atoms with van der Waals surface area (Å²) in [5.74, 6) is 1.42. The van der Waals surface area contributed by atoms with Crippen molar-refractivity contribution < 1.29 is 13.2 Å². The fraction of sp³-hybridized carbons (Fsp3) is 0.526. The van der Waals surface area contributed by atoms with E-state index >= 15 is 0 Å². The second kappa shape index (κ2) is 8.50. The number of nitrogens with zero attached hydrogens (tertiary/aromatic N) is 2. The van der Waals surface area contributed by atoms with E-state index in [1.165, 1.54) is 0 Å². The van der Waals surface area contributed by atoms with Crippen molar-refractivity contribution in [2.24, 2.45) is 0 Å². The third-order valence-corrected chi connectivity index (χ3v) is 7.82. The predicted octanol–water partition coefficient (Wildman–Crippen LogP) is 4.13. The standard InChI is InChI=1S/C19H26N2O3S2/c1-3-4-13-26(22,23)21-11-9-15(10-12-21)19-20-17(14-25-19)16-7-5-6-8-18(16)24-2/h5-8,14-15H,3-4,9-13H2,1-2H3. The van der Waals surface area contributed by atoms with Crippen LogP contribution in [0.5, 0.6) is 5.75 Å². The molecule has 3 rings (SSSR count). The van der Waals surface area contributed by atoms with E-state index in [1.54, 1.807) is 22.8 Å². The van der Waals surface area contributed by atoms with Gasteiger partial charge < -0.3 is 4.74 Å². The Hall–Kier alpha value is -1.44. The van der Waals surface area contributed by atoms with Gasteiger partial charge >= 0.3 is 0 Å². The van der Waals surface area contributed by atoms with E-state index in [9.17, 15) is 8.42 Å². The van der Waals surface area contributed by atoms with Crippen molar-refractivity contribution in [3.05, 3.63) is 34.7 Å². The SMILES string of the molecule is CCCCS(=O)(=O)N1CCC(c2nc(-c3ccccc3OC)cs2)CC1. The van der Waals surface area contributed by atoms with Gasteiger partial charge in [-0.15, -0.1) is 11.3 Å². The van der Waals surface area contributed by atoms with Crippen LogP contribution in [-0.4, -0.2) is 43.7 Å². The largest absolute Gasteiger partial charge is 0.496 e. The Kier molecular flexibility index (Phi) is 6.32. The summed E-state index contributed by atoms with van der Waals surface area (Å²) in [6.45, 7) is 3.21. The van der Waals surface area contributed by atoms with E-state index < -0.39 is 10.0 Å². The number of sulfonamides is 1. The topological polar surface area (TPSA) is 59.5 Å². The van der Waals surface area contributed by atoms with Gasteiger partial charge in [-0.1, -0.05) is 25.5 Å². The maximum absolute atomic E-state index is 12.3. The van der Waals surface area contributed by atoms with Crippen LogP contribution < -0.4 is 4.74 Å². The van der Waals surface area contributed by atoms with Gasteiger partial charge in [-0.05, 0) is 31.4 Å². The van der Waals surface area contributed by atoms with Crippen molar-refractivity contribution in [2.75, 3.05) is 26.0 Å². The van der Waals surface area contributed by atoms with Gasteiger partial charge in [-0.2, -0.15) is 0 Å². The number of benzene rings is 1. The molecule has 1 fully saturated rings. The van der Waals surface area contributed by atoms with Gasteiger partial charge in [0.25, 0.3) is 0 Å². The summed E-state index contributed by atoms with van der Waals surface area (Å²) in [5, 5.41) is 3.16. The number of hydrogen-bond acceptors (Lipinski definition) is 5. The van der Waals surface area contributed by atoms with Crippen molar-refractivity contribution in [2.45, 2.75) is 38.5 Å². The number of para-hydroxylation sites is 1. The molecule has 1 aromatic heterocycles. The Morgan fingerprint density at radius 1 is 1.27 bits per heavy atom. The second-order valence-corrected chi connectivity index (χ2v) is 9.59. The monoisotopic (exact) mass is 394 g/mol. The molecule has 0 N–H and O–H groups in total. The highest BCUT2D eigenvalue weighted by Crippen LogP contribution is 2.36. The van der Waals surface area contributed by atoms with Crippen LogP contribution >= 0.6 is 11.3 Å². The third-order valence-electron chi connectivity index (χ3n) is 4.86. The number of piperidine rings is 1. The second-order valence-electron chi connectivity index (χ2n) is 6.61. The number of aromatic nitrogens is 1. The highest BCUT2D eigenvalue weighted by atomic mass is 32.2. The van der Waals surface area contributed by atoms with Crippen LogP contribution in [0.1, 0.15) is 43.5 Å². The Morgan fingerprint density at radius 2 is 2.00 bits per heavy atom. The molecule has 1 aliphatic rings. The highest BCUT2D eigenvalue weighted by Gasteiger charge is 2.29. The molecule has 5 nitrogen and oxygen atoms in total. The van der Waals surface area contributed by atoms with E-state index in [-0.39, 0.29) is 5.75 Å². The van der Waals surface area contributed by atoms with E-state index in [0.717, 1.165) is 47.7 Å². The lowest BCUT2D eigenvalue weighted by Crippen LogP contribution is -2.39. The molecule has 2 heterocycles. The number of thiazole rings is 1. The van der Waals surface area contributed by atoms with Crippen LogP contribution in [0.3, 0.4) is 0 Å². The molecule has 0 atom stereocenters. The Balaban J connectivity index is 1.67. The summed E-state index contributed by atoms with van der Waals surface area (Å²) in [7, 11) is -1.43. The molecule has 0 unspecified atom stereocenters. The predicted molar refractivity (Wildman–Crippen MR) is 106 cm³/mol. The van der Waals surface area contributed by atoms with E-state index in [2.05, 4.69) is 5.38 Å². The molecule has 7 heteroatoms. The maximum atomic E-state index is 12.3. The summed E-state index contributed by atoms with van der Waals surface area (Å²) in [6.07, 6.45) is 3.31. The van der Waals surface area contributed by atoms with Gasteiger partial charge in [0.2, 0.25) is 10.0 Å². The van der Waals surface area contributed by atoms with E-state index in [4.69, 9.17) is 9.72 Å². The van der Waals surface area contributed by atoms with Crippen LogP contribution in [0.25, 0.3) is 11.3 Å². The maximum Gasteiger partial charge on any atom is 0.214 e. The Labute approximate surface area is 160 Å². The molecule has 0 spiro atoms. The third kappa shape index (κ3) is 4.27. The zero-order valence-electron chi connectivity index (χ0n) is 15.3. The van der Waals surface area contributed by atoms with Gasteiger partial charge in [0, 0.05) is 30.0 Å². The Morgan fingerprint density at radius 3 is 2.69 bits per heavy atom. The summed E-state index contributed by atoms with van der Waals surface area (Å²) in [4.78, 5) is 4.82. The summed E-state index contributed by atoms with van der Waals surface area (Å²) >= 11 is 1.66. The summed E-state index contributed by atoms with van der Waals surface area (Å²) in [6, 6.07) is 7.88. The van der Waals surface area contributed by atoms with Gasteiger partial charge in [-0.3, -0.25) is 0 Å². The zero-order valence-corrected chi connectivity index (χ0v) is 17.0. The normalized spacial score (nSPS) is 16.7. The lowest BCUT2D eigenvalue weighted by Gasteiger charge is -2.30. The van der Waals surface area contributed by atoms with Crippen molar-refractivity contribution >= 4 is 21.4 Å². The summed E-state index contributed by atoms with van der Waals surface area (Å²) < 4.78 is 31.8. The molecular formula is C19H26N2O3S2. The minimum Gasteiger partial charge on any atom is -0.496 e. The molecule has 0 saturated carbocycles. The average molecular weight is 395 g/mol. The van der Waals surface area contributed by atoms with Crippen LogP contribution in [0.2, 0.25) is 0 Å². The van der Waals surface area contributed by atoms with Crippen LogP contribution in [0, 0.1) is 0 Å². The number of unbranched alkanes of at least 4 members (excludes halogenated alkanes) is 1. The fourth-order valence-corrected chi connectivity index (χ4v) is 5.96. The van der Waals surface area contributed by atoms with E-state index in [1.807, 2.05) is 31.2 Å². The van der Waals surface area contributed by atoms with Crippen molar-refractivity contribution in [3.63, 3.8) is 0 Å². The van der Waals surface area contributed by atoms with Crippen LogP contribution in [0.4, 0.5) is 0 Å². The first-order valence-electron chi connectivity index (χ1n) is 9.11. The molecule has 26 heavy (non-hydrogen) atoms. The number of methoxy groups -OCH3 is 1. The number of ether oxygens (including phenoxy) is 1. The van der Waals surface area contributed by atoms with Crippen LogP contribution in [-0.2, 0) is 10.0 Å². The van der Waals surface area contributed by atoms with Gasteiger partial charge in [-0.25, -0.2) is 17.7 Å². The van der Waals surface area contributed by atoms with Crippen molar-refractivity contribution in [3.8, 4) is 17.0 Å². The zero-order chi connectivity index (χ0) is 18.6. The smallest absolute Gasteiger partial charge is 0.214 e. The van der Waals surface area contributed by atoms with Gasteiger partial charge in [0.05, 0.1) is 23.6 Å². The van der Waals surface area contributed by atoms with Crippen molar-refractivity contribution in [1.29, 1.82) is 0 Å². The fourth-order valence-electron chi connectivity index (χ4n) is 3.29. The molecule has 2 aromatic rings. The van der Waals surface area contributed by atoms with E-state index in [0.29, 0.717) is 19.0 Å². The first-order chi connectivity index (χ1) is 12.5. The molecular weight excluding hydrogens is 368 g/mol. The van der Waals surface area contributed by atoms with Crippen molar-refractivity contribution in [1.82, 2.24) is 9.29 Å².